The first-order valence-electron chi connectivity index (χ1n) is 8.68. The van der Waals surface area contributed by atoms with Crippen LogP contribution < -0.4 is 5.32 Å². The molecule has 1 aromatic carbocycles. The molecule has 0 unspecified atom stereocenters. The number of halogens is 1. The number of benzene rings is 1. The van der Waals surface area contributed by atoms with Crippen LogP contribution in [-0.2, 0) is 9.53 Å². The van der Waals surface area contributed by atoms with Crippen molar-refractivity contribution in [3.63, 3.8) is 0 Å². The topological polar surface area (TPSA) is 90.3 Å². The van der Waals surface area contributed by atoms with Gasteiger partial charge in [0.1, 0.15) is 12.4 Å². The van der Waals surface area contributed by atoms with Crippen molar-refractivity contribution in [2.75, 3.05) is 13.2 Å². The third-order valence-corrected chi connectivity index (χ3v) is 4.96. The lowest BCUT2D eigenvalue weighted by molar-refractivity contribution is -0.141. The molecule has 0 saturated carbocycles. The molecule has 3 rings (SSSR count). The van der Waals surface area contributed by atoms with Crippen molar-refractivity contribution in [1.82, 2.24) is 14.9 Å². The number of carbonyl (C=O) groups is 3. The minimum Gasteiger partial charge on any atom is -0.456 e. The number of Topliss-reactive ketones (excluding diaryl/α,β-unsaturated/α-hetero) is 1. The maximum Gasteiger partial charge on any atom is 0.325 e. The molecule has 0 radical (unpaired) electrons. The summed E-state index contributed by atoms with van der Waals surface area (Å²) in [6, 6.07) is 6.63. The van der Waals surface area contributed by atoms with Gasteiger partial charge in [-0.05, 0) is 44.2 Å². The fourth-order valence-electron chi connectivity index (χ4n) is 2.80. The summed E-state index contributed by atoms with van der Waals surface area (Å²) >= 11 is 1.45. The van der Waals surface area contributed by atoms with Gasteiger partial charge in [-0.15, -0.1) is 11.3 Å². The maximum atomic E-state index is 12.9. The summed E-state index contributed by atoms with van der Waals surface area (Å²) in [6.07, 6.45) is 1.68. The monoisotopic (exact) mass is 415 g/mol. The Morgan fingerprint density at radius 1 is 1.21 bits per heavy atom. The van der Waals surface area contributed by atoms with Crippen molar-refractivity contribution in [2.45, 2.75) is 13.8 Å². The van der Waals surface area contributed by atoms with Crippen LogP contribution in [0.5, 0.6) is 0 Å². The second kappa shape index (κ2) is 8.78. The second-order valence-electron chi connectivity index (χ2n) is 6.21. The summed E-state index contributed by atoms with van der Waals surface area (Å²) in [4.78, 5) is 40.5. The van der Waals surface area contributed by atoms with Crippen LogP contribution in [0.3, 0.4) is 0 Å². The van der Waals surface area contributed by atoms with Crippen molar-refractivity contribution in [3.8, 4) is 5.13 Å². The average Bonchev–Trinajstić information content (AvgIpc) is 3.32. The van der Waals surface area contributed by atoms with Gasteiger partial charge in [-0.1, -0.05) is 0 Å². The molecule has 0 aliphatic carbocycles. The van der Waals surface area contributed by atoms with Crippen LogP contribution in [0.25, 0.3) is 5.13 Å². The molecule has 9 heteroatoms. The Balaban J connectivity index is 1.54. The molecule has 7 nitrogen and oxygen atoms in total. The van der Waals surface area contributed by atoms with Gasteiger partial charge >= 0.3 is 5.97 Å². The van der Waals surface area contributed by atoms with E-state index >= 15 is 0 Å². The number of thiazole rings is 1. The number of ether oxygens (including phenoxy) is 1. The average molecular weight is 415 g/mol. The molecule has 0 aliphatic rings. The molecule has 2 aromatic heterocycles. The predicted molar refractivity (Wildman–Crippen MR) is 105 cm³/mol. The highest BCUT2D eigenvalue weighted by Crippen LogP contribution is 2.22. The van der Waals surface area contributed by atoms with Gasteiger partial charge in [-0.3, -0.25) is 19.0 Å². The minimum atomic E-state index is -0.748. The number of hydrogen-bond acceptors (Lipinski definition) is 6. The molecule has 0 atom stereocenters. The zero-order valence-corrected chi connectivity index (χ0v) is 16.6. The zero-order chi connectivity index (χ0) is 21.0. The fraction of sp³-hybridized carbons (Fsp3) is 0.200. The van der Waals surface area contributed by atoms with Crippen LogP contribution >= 0.6 is 11.3 Å². The van der Waals surface area contributed by atoms with Crippen LogP contribution in [0.2, 0.25) is 0 Å². The number of ketones is 1. The van der Waals surface area contributed by atoms with Gasteiger partial charge in [0, 0.05) is 34.1 Å². The quantitative estimate of drug-likeness (QED) is 0.473. The van der Waals surface area contributed by atoms with E-state index in [-0.39, 0.29) is 11.3 Å². The summed E-state index contributed by atoms with van der Waals surface area (Å²) in [5.41, 5.74) is 2.22. The number of esters is 1. The molecule has 0 saturated heterocycles. The smallest absolute Gasteiger partial charge is 0.325 e. The number of carbonyl (C=O) groups excluding carboxylic acids is 3. The Morgan fingerprint density at radius 2 is 1.93 bits per heavy atom. The molecule has 150 valence electrons. The van der Waals surface area contributed by atoms with Gasteiger partial charge in [0.2, 0.25) is 5.78 Å². The van der Waals surface area contributed by atoms with E-state index in [0.29, 0.717) is 11.3 Å². The molecule has 0 spiro atoms. The van der Waals surface area contributed by atoms with Crippen molar-refractivity contribution in [1.29, 1.82) is 0 Å². The lowest BCUT2D eigenvalue weighted by Gasteiger charge is -2.07. The molecule has 1 N–H and O–H groups in total. The highest BCUT2D eigenvalue weighted by atomic mass is 32.1. The number of nitrogens with one attached hydrogen (secondary N) is 1. The van der Waals surface area contributed by atoms with Gasteiger partial charge in [-0.25, -0.2) is 9.37 Å². The van der Waals surface area contributed by atoms with Gasteiger partial charge < -0.3 is 10.1 Å². The van der Waals surface area contributed by atoms with E-state index in [2.05, 4.69) is 10.3 Å². The lowest BCUT2D eigenvalue weighted by Crippen LogP contribution is -2.31. The van der Waals surface area contributed by atoms with E-state index in [0.717, 1.165) is 23.0 Å². The van der Waals surface area contributed by atoms with Crippen LogP contribution in [0.1, 0.15) is 32.1 Å². The highest BCUT2D eigenvalue weighted by Gasteiger charge is 2.19. The van der Waals surface area contributed by atoms with E-state index in [1.165, 1.54) is 23.5 Å². The molecule has 1 amide bonds. The number of rotatable bonds is 7. The normalized spacial score (nSPS) is 10.6. The Hall–Kier alpha value is -3.33. The Morgan fingerprint density at radius 3 is 2.59 bits per heavy atom. The molecular formula is C20H18FN3O4S. The summed E-state index contributed by atoms with van der Waals surface area (Å²) < 4.78 is 19.7. The zero-order valence-electron chi connectivity index (χ0n) is 15.8. The summed E-state index contributed by atoms with van der Waals surface area (Å²) in [5.74, 6) is -2.10. The van der Waals surface area contributed by atoms with Crippen molar-refractivity contribution in [3.05, 3.63) is 70.2 Å². The first-order valence-corrected chi connectivity index (χ1v) is 9.56. The SMILES string of the molecule is Cc1cc(C(=O)COC(=O)CNC(=O)c2ccc(F)cc2)c(C)n1-c1nccs1. The van der Waals surface area contributed by atoms with Gasteiger partial charge in [0.25, 0.3) is 5.91 Å². The van der Waals surface area contributed by atoms with Gasteiger partial charge in [0.05, 0.1) is 0 Å². The van der Waals surface area contributed by atoms with Crippen LogP contribution in [0.15, 0.2) is 41.9 Å². The van der Waals surface area contributed by atoms with E-state index in [1.807, 2.05) is 16.9 Å². The minimum absolute atomic E-state index is 0.213. The van der Waals surface area contributed by atoms with Gasteiger partial charge in [-0.2, -0.15) is 0 Å². The van der Waals surface area contributed by atoms with E-state index < -0.39 is 30.8 Å². The standard InChI is InChI=1S/C20H18FN3O4S/c1-12-9-16(13(2)24(12)20-22-7-8-29-20)17(25)11-28-18(26)10-23-19(27)14-3-5-15(21)6-4-14/h3-9H,10-11H2,1-2H3,(H,23,27). The number of aryl methyl sites for hydroxylation is 1. The molecule has 2 heterocycles. The summed E-state index contributed by atoms with van der Waals surface area (Å²) in [6.45, 7) is 2.82. The molecule has 3 aromatic rings. The number of nitrogens with zero attached hydrogens (tertiary/aromatic N) is 2. The third-order valence-electron chi connectivity index (χ3n) is 4.21. The van der Waals surface area contributed by atoms with Crippen molar-refractivity contribution < 1.29 is 23.5 Å². The third kappa shape index (κ3) is 4.75. The fourth-order valence-corrected chi connectivity index (χ4v) is 3.55. The first-order chi connectivity index (χ1) is 13.9. The van der Waals surface area contributed by atoms with E-state index in [4.69, 9.17) is 4.74 Å². The van der Waals surface area contributed by atoms with Crippen LogP contribution in [0, 0.1) is 19.7 Å². The molecule has 0 bridgehead atoms. The van der Waals surface area contributed by atoms with Crippen LogP contribution in [-0.4, -0.2) is 40.4 Å². The maximum absolute atomic E-state index is 12.9. The largest absolute Gasteiger partial charge is 0.456 e. The predicted octanol–water partition coefficient (Wildman–Crippen LogP) is 2.85. The number of hydrogen-bond donors (Lipinski definition) is 1. The van der Waals surface area contributed by atoms with E-state index in [1.54, 1.807) is 19.2 Å². The molecular weight excluding hydrogens is 397 g/mol. The molecule has 0 aliphatic heterocycles. The molecule has 0 fully saturated rings. The van der Waals surface area contributed by atoms with Crippen molar-refractivity contribution >= 4 is 29.0 Å². The Kier molecular flexibility index (Phi) is 6.18. The highest BCUT2D eigenvalue weighted by molar-refractivity contribution is 7.12. The van der Waals surface area contributed by atoms with E-state index in [9.17, 15) is 18.8 Å². The first kappa shape index (κ1) is 20.4. The Labute approximate surface area is 170 Å². The number of amides is 1. The van der Waals surface area contributed by atoms with Gasteiger partial charge in [0.15, 0.2) is 11.7 Å². The Bertz CT molecular complexity index is 1040. The summed E-state index contributed by atoms with van der Waals surface area (Å²) in [5, 5.41) is 4.96. The lowest BCUT2D eigenvalue weighted by atomic mass is 10.1. The molecule has 29 heavy (non-hydrogen) atoms. The second-order valence-corrected chi connectivity index (χ2v) is 7.08. The van der Waals surface area contributed by atoms with Crippen molar-refractivity contribution in [2.24, 2.45) is 0 Å². The van der Waals surface area contributed by atoms with Crippen LogP contribution in [0.4, 0.5) is 4.39 Å². The summed E-state index contributed by atoms with van der Waals surface area (Å²) in [7, 11) is 0. The number of aromatic nitrogens is 2.